The Morgan fingerprint density at radius 2 is 1.79 bits per heavy atom. The zero-order chi connectivity index (χ0) is 13.1. The van der Waals surface area contributed by atoms with E-state index in [1.54, 1.807) is 29.2 Å². The molecule has 0 radical (unpaired) electrons. The highest BCUT2D eigenvalue weighted by Gasteiger charge is 2.03. The molecule has 0 aliphatic rings. The lowest BCUT2D eigenvalue weighted by atomic mass is 10.3. The highest BCUT2D eigenvalue weighted by Crippen LogP contribution is 2.22. The van der Waals surface area contributed by atoms with E-state index in [1.165, 1.54) is 12.1 Å². The predicted octanol–water partition coefficient (Wildman–Crippen LogP) is 3.80. The van der Waals surface area contributed by atoms with E-state index < -0.39 is 0 Å². The van der Waals surface area contributed by atoms with Crippen molar-refractivity contribution in [3.05, 3.63) is 72.8 Å². The minimum Gasteiger partial charge on any atom is -0.454 e. The molecule has 1 aromatic heterocycles. The van der Waals surface area contributed by atoms with Gasteiger partial charge in [-0.1, -0.05) is 24.3 Å². The number of nitrogens with zero attached hydrogens (tertiary/aromatic N) is 2. The first-order valence-corrected chi connectivity index (χ1v) is 5.85. The lowest BCUT2D eigenvalue weighted by Crippen LogP contribution is -1.92. The van der Waals surface area contributed by atoms with Crippen molar-refractivity contribution in [2.24, 2.45) is 0 Å². The second kappa shape index (κ2) is 4.94. The van der Waals surface area contributed by atoms with Crippen LogP contribution in [0.1, 0.15) is 0 Å². The monoisotopic (exact) mass is 254 g/mol. The van der Waals surface area contributed by atoms with Crippen molar-refractivity contribution < 1.29 is 9.13 Å². The molecule has 0 saturated carbocycles. The third-order valence-corrected chi connectivity index (χ3v) is 2.61. The van der Waals surface area contributed by atoms with Crippen LogP contribution in [0.5, 0.6) is 11.5 Å². The Bertz CT molecular complexity index is 679. The first kappa shape index (κ1) is 11.5. The molecule has 3 aromatic rings. The fourth-order valence-corrected chi connectivity index (χ4v) is 1.75. The predicted molar refractivity (Wildman–Crippen MR) is 70.0 cm³/mol. The largest absolute Gasteiger partial charge is 0.454 e. The summed E-state index contributed by atoms with van der Waals surface area (Å²) in [4.78, 5) is 0. The summed E-state index contributed by atoms with van der Waals surface area (Å²) in [7, 11) is 0. The lowest BCUT2D eigenvalue weighted by Gasteiger charge is -2.02. The smallest absolute Gasteiger partial charge is 0.165 e. The number of para-hydroxylation sites is 1. The average Bonchev–Trinajstić information content (AvgIpc) is 2.88. The van der Waals surface area contributed by atoms with E-state index in [9.17, 15) is 4.39 Å². The maximum absolute atomic E-state index is 13.0. The number of aromatic nitrogens is 2. The Morgan fingerprint density at radius 1 is 0.947 bits per heavy atom. The Kier molecular flexibility index (Phi) is 2.98. The van der Waals surface area contributed by atoms with Crippen LogP contribution < -0.4 is 4.74 Å². The molecule has 0 bridgehead atoms. The standard InChI is InChI=1S/C15H11FN2O/c16-12-5-4-8-14(9-12)19-15-10-17-18(11-15)13-6-2-1-3-7-13/h1-11H. The molecule has 0 aliphatic heterocycles. The first-order chi connectivity index (χ1) is 9.31. The van der Waals surface area contributed by atoms with Crippen molar-refractivity contribution in [3.63, 3.8) is 0 Å². The van der Waals surface area contributed by atoms with Crippen LogP contribution in [0.2, 0.25) is 0 Å². The molecule has 3 nitrogen and oxygen atoms in total. The second-order valence-electron chi connectivity index (χ2n) is 4.02. The average molecular weight is 254 g/mol. The van der Waals surface area contributed by atoms with Crippen LogP contribution in [0.25, 0.3) is 5.69 Å². The van der Waals surface area contributed by atoms with E-state index in [-0.39, 0.29) is 5.82 Å². The van der Waals surface area contributed by atoms with Gasteiger partial charge in [-0.3, -0.25) is 0 Å². The summed E-state index contributed by atoms with van der Waals surface area (Å²) >= 11 is 0. The maximum atomic E-state index is 13.0. The summed E-state index contributed by atoms with van der Waals surface area (Å²) in [6.45, 7) is 0. The van der Waals surface area contributed by atoms with Gasteiger partial charge in [0.25, 0.3) is 0 Å². The van der Waals surface area contributed by atoms with Gasteiger partial charge in [-0.15, -0.1) is 0 Å². The number of hydrogen-bond donors (Lipinski definition) is 0. The molecule has 19 heavy (non-hydrogen) atoms. The van der Waals surface area contributed by atoms with Crippen LogP contribution >= 0.6 is 0 Å². The molecule has 1 heterocycles. The fraction of sp³-hybridized carbons (Fsp3) is 0. The van der Waals surface area contributed by atoms with Gasteiger partial charge in [-0.05, 0) is 24.3 Å². The van der Waals surface area contributed by atoms with Crippen LogP contribution in [-0.4, -0.2) is 9.78 Å². The number of ether oxygens (including phenoxy) is 1. The molecule has 94 valence electrons. The Morgan fingerprint density at radius 3 is 2.58 bits per heavy atom. The third-order valence-electron chi connectivity index (χ3n) is 2.61. The van der Waals surface area contributed by atoms with E-state index in [4.69, 9.17) is 4.74 Å². The van der Waals surface area contributed by atoms with Crippen molar-refractivity contribution in [2.75, 3.05) is 0 Å². The van der Waals surface area contributed by atoms with Crippen molar-refractivity contribution in [1.82, 2.24) is 9.78 Å². The van der Waals surface area contributed by atoms with E-state index in [1.807, 2.05) is 30.3 Å². The van der Waals surface area contributed by atoms with Gasteiger partial charge in [0.05, 0.1) is 18.1 Å². The van der Waals surface area contributed by atoms with Crippen LogP contribution in [0.15, 0.2) is 67.0 Å². The Hall–Kier alpha value is -2.62. The number of hydrogen-bond acceptors (Lipinski definition) is 2. The Labute approximate surface area is 109 Å². The summed E-state index contributed by atoms with van der Waals surface area (Å²) in [5, 5.41) is 4.20. The molecule has 0 saturated heterocycles. The summed E-state index contributed by atoms with van der Waals surface area (Å²) < 4.78 is 20.3. The first-order valence-electron chi connectivity index (χ1n) is 5.85. The van der Waals surface area contributed by atoms with Crippen LogP contribution in [0.4, 0.5) is 4.39 Å². The van der Waals surface area contributed by atoms with Gasteiger partial charge >= 0.3 is 0 Å². The lowest BCUT2D eigenvalue weighted by molar-refractivity contribution is 0.476. The quantitative estimate of drug-likeness (QED) is 0.710. The minimum absolute atomic E-state index is 0.326. The SMILES string of the molecule is Fc1cccc(Oc2cnn(-c3ccccc3)c2)c1. The molecule has 3 rings (SSSR count). The molecule has 0 unspecified atom stereocenters. The summed E-state index contributed by atoms with van der Waals surface area (Å²) in [5.41, 5.74) is 0.941. The number of rotatable bonds is 3. The topological polar surface area (TPSA) is 27.1 Å². The second-order valence-corrected chi connectivity index (χ2v) is 4.02. The van der Waals surface area contributed by atoms with E-state index in [2.05, 4.69) is 5.10 Å². The molecule has 0 aliphatic carbocycles. The molecule has 0 N–H and O–H groups in total. The van der Waals surface area contributed by atoms with E-state index >= 15 is 0 Å². The molecule has 0 atom stereocenters. The zero-order valence-electron chi connectivity index (χ0n) is 10.0. The number of halogens is 1. The highest BCUT2D eigenvalue weighted by molar-refractivity contribution is 5.34. The number of benzene rings is 2. The van der Waals surface area contributed by atoms with Crippen molar-refractivity contribution >= 4 is 0 Å². The van der Waals surface area contributed by atoms with E-state index in [0.29, 0.717) is 11.5 Å². The van der Waals surface area contributed by atoms with Crippen LogP contribution in [-0.2, 0) is 0 Å². The molecule has 0 fully saturated rings. The van der Waals surface area contributed by atoms with Gasteiger partial charge in [-0.2, -0.15) is 5.10 Å². The molecule has 2 aromatic carbocycles. The molecular weight excluding hydrogens is 243 g/mol. The van der Waals surface area contributed by atoms with Gasteiger partial charge in [-0.25, -0.2) is 9.07 Å². The zero-order valence-corrected chi connectivity index (χ0v) is 10.0. The molecule has 4 heteroatoms. The van der Waals surface area contributed by atoms with Gasteiger partial charge in [0.1, 0.15) is 11.6 Å². The molecule has 0 spiro atoms. The van der Waals surface area contributed by atoms with Gasteiger partial charge in [0, 0.05) is 6.07 Å². The van der Waals surface area contributed by atoms with Crippen molar-refractivity contribution in [1.29, 1.82) is 0 Å². The minimum atomic E-state index is -0.326. The summed E-state index contributed by atoms with van der Waals surface area (Å²) in [6.07, 6.45) is 3.35. The van der Waals surface area contributed by atoms with E-state index in [0.717, 1.165) is 5.69 Å². The molecular formula is C15H11FN2O. The van der Waals surface area contributed by atoms with Crippen molar-refractivity contribution in [2.45, 2.75) is 0 Å². The third kappa shape index (κ3) is 2.63. The summed E-state index contributed by atoms with van der Waals surface area (Å²) in [6, 6.07) is 15.7. The van der Waals surface area contributed by atoms with Gasteiger partial charge in [0.2, 0.25) is 0 Å². The van der Waals surface area contributed by atoms with Gasteiger partial charge in [0.15, 0.2) is 5.75 Å². The summed E-state index contributed by atoms with van der Waals surface area (Å²) in [5.74, 6) is 0.690. The fourth-order valence-electron chi connectivity index (χ4n) is 1.75. The van der Waals surface area contributed by atoms with Crippen LogP contribution in [0.3, 0.4) is 0 Å². The normalized spacial score (nSPS) is 10.4. The highest BCUT2D eigenvalue weighted by atomic mass is 19.1. The molecule has 0 amide bonds. The van der Waals surface area contributed by atoms with Crippen molar-refractivity contribution in [3.8, 4) is 17.2 Å². The van der Waals surface area contributed by atoms with Gasteiger partial charge < -0.3 is 4.74 Å². The maximum Gasteiger partial charge on any atom is 0.165 e. The Balaban J connectivity index is 1.82. The van der Waals surface area contributed by atoms with Crippen LogP contribution in [0, 0.1) is 5.82 Å².